The topological polar surface area (TPSA) is 29.4 Å². The standard InChI is InChI=1S/C2Cl3NO.2ClH/c3-2(4,5)6-1-7;;/h;2*1H. The first kappa shape index (κ1) is 16.4. The summed E-state index contributed by atoms with van der Waals surface area (Å²) in [4.78, 5) is 12.0. The number of alkyl halides is 3. The second kappa shape index (κ2) is 6.94. The Hall–Kier alpha value is 0.830. The molecule has 0 N–H and O–H groups in total. The molecule has 0 rings (SSSR count). The van der Waals surface area contributed by atoms with Crippen molar-refractivity contribution < 1.29 is 4.79 Å². The molecule has 0 heterocycles. The molecule has 7 heteroatoms. The van der Waals surface area contributed by atoms with Crippen LogP contribution in [-0.2, 0) is 4.79 Å². The summed E-state index contributed by atoms with van der Waals surface area (Å²) in [6, 6.07) is 0. The molecule has 0 amide bonds. The number of isocyanates is 1. The van der Waals surface area contributed by atoms with Crippen molar-refractivity contribution in [2.75, 3.05) is 0 Å². The van der Waals surface area contributed by atoms with Crippen LogP contribution in [0.4, 0.5) is 0 Å². The highest BCUT2D eigenvalue weighted by Gasteiger charge is 2.15. The third kappa shape index (κ3) is 17.7. The fourth-order valence-electron chi connectivity index (χ4n) is 0.0518. The smallest absolute Gasteiger partial charge is 0.211 e. The summed E-state index contributed by atoms with van der Waals surface area (Å²) in [5.41, 5.74) is 0. The summed E-state index contributed by atoms with van der Waals surface area (Å²) in [5, 5.41) is 0. The maximum Gasteiger partial charge on any atom is 0.295 e. The minimum atomic E-state index is -1.83. The molecule has 0 aromatic carbocycles. The minimum Gasteiger partial charge on any atom is -0.211 e. The Morgan fingerprint density at radius 3 is 1.56 bits per heavy atom. The lowest BCUT2D eigenvalue weighted by Crippen LogP contribution is -1.92. The van der Waals surface area contributed by atoms with Crippen LogP contribution in [0.5, 0.6) is 0 Å². The number of nitrogens with zero attached hydrogens (tertiary/aromatic N) is 1. The lowest BCUT2D eigenvalue weighted by atomic mass is 11.3. The molecular weight excluding hydrogens is 231 g/mol. The molecule has 0 fully saturated rings. The Morgan fingerprint density at radius 2 is 1.56 bits per heavy atom. The summed E-state index contributed by atoms with van der Waals surface area (Å²) < 4.78 is -1.83. The molecule has 0 radical (unpaired) electrons. The number of hydrogen-bond acceptors (Lipinski definition) is 2. The largest absolute Gasteiger partial charge is 0.295 e. The summed E-state index contributed by atoms with van der Waals surface area (Å²) >= 11 is 14.8. The first-order valence-electron chi connectivity index (χ1n) is 1.22. The van der Waals surface area contributed by atoms with Crippen LogP contribution in [-0.4, -0.2) is 10.00 Å². The third-order valence-electron chi connectivity index (χ3n) is 0.172. The van der Waals surface area contributed by atoms with Crippen molar-refractivity contribution in [2.24, 2.45) is 4.99 Å². The molecule has 0 bridgehead atoms. The van der Waals surface area contributed by atoms with Gasteiger partial charge in [0.25, 0.3) is 3.92 Å². The van der Waals surface area contributed by atoms with Gasteiger partial charge in [-0.05, 0) is 0 Å². The zero-order valence-corrected chi connectivity index (χ0v) is 7.71. The molecule has 0 saturated heterocycles. The van der Waals surface area contributed by atoms with Crippen LogP contribution in [0.25, 0.3) is 0 Å². The van der Waals surface area contributed by atoms with Crippen LogP contribution in [0.15, 0.2) is 4.99 Å². The highest BCUT2D eigenvalue weighted by atomic mass is 35.6. The Morgan fingerprint density at radius 1 is 1.22 bits per heavy atom. The van der Waals surface area contributed by atoms with E-state index < -0.39 is 3.92 Å². The number of aliphatic imine (C=N–C) groups is 1. The van der Waals surface area contributed by atoms with Gasteiger partial charge in [-0.25, -0.2) is 4.79 Å². The Balaban J connectivity index is -0.000000180. The molecule has 9 heavy (non-hydrogen) atoms. The second-order valence-electron chi connectivity index (χ2n) is 0.671. The van der Waals surface area contributed by atoms with Gasteiger partial charge in [-0.15, -0.1) is 29.8 Å². The molecule has 0 aliphatic rings. The summed E-state index contributed by atoms with van der Waals surface area (Å²) in [5.74, 6) is 0. The van der Waals surface area contributed by atoms with Gasteiger partial charge in [-0.2, -0.15) is 0 Å². The molecule has 0 atom stereocenters. The van der Waals surface area contributed by atoms with Gasteiger partial charge < -0.3 is 0 Å². The lowest BCUT2D eigenvalue weighted by molar-refractivity contribution is 0.563. The van der Waals surface area contributed by atoms with Crippen molar-refractivity contribution in [1.29, 1.82) is 0 Å². The molecular formula is C2H2Cl5NO. The van der Waals surface area contributed by atoms with Gasteiger partial charge in [0.05, 0.1) is 0 Å². The lowest BCUT2D eigenvalue weighted by Gasteiger charge is -1.94. The van der Waals surface area contributed by atoms with Gasteiger partial charge >= 0.3 is 0 Å². The van der Waals surface area contributed by atoms with E-state index in [9.17, 15) is 4.79 Å². The Bertz CT molecular complexity index is 102. The van der Waals surface area contributed by atoms with Crippen LogP contribution < -0.4 is 0 Å². The molecule has 0 spiro atoms. The van der Waals surface area contributed by atoms with Gasteiger partial charge in [0, 0.05) is 0 Å². The van der Waals surface area contributed by atoms with E-state index in [-0.39, 0.29) is 24.8 Å². The highest BCUT2D eigenvalue weighted by Crippen LogP contribution is 2.26. The van der Waals surface area contributed by atoms with Gasteiger partial charge in [-0.1, -0.05) is 34.8 Å². The van der Waals surface area contributed by atoms with E-state index >= 15 is 0 Å². The van der Waals surface area contributed by atoms with Crippen molar-refractivity contribution in [3.63, 3.8) is 0 Å². The Kier molecular flexibility index (Phi) is 12.7. The molecule has 0 saturated carbocycles. The van der Waals surface area contributed by atoms with E-state index in [1.54, 1.807) is 0 Å². The molecule has 0 aliphatic carbocycles. The van der Waals surface area contributed by atoms with Crippen LogP contribution in [0, 0.1) is 0 Å². The number of halogens is 5. The van der Waals surface area contributed by atoms with Crippen molar-refractivity contribution in [3.05, 3.63) is 0 Å². The zero-order valence-electron chi connectivity index (χ0n) is 3.81. The maximum absolute atomic E-state index is 9.28. The average molecular weight is 233 g/mol. The normalized spacial score (nSPS) is 7.89. The fourth-order valence-corrected chi connectivity index (χ4v) is 0.155. The van der Waals surface area contributed by atoms with Crippen LogP contribution in [0.3, 0.4) is 0 Å². The van der Waals surface area contributed by atoms with Gasteiger partial charge in [0.15, 0.2) is 0 Å². The summed E-state index contributed by atoms with van der Waals surface area (Å²) in [6.45, 7) is 0. The van der Waals surface area contributed by atoms with E-state index in [2.05, 4.69) is 4.99 Å². The quantitative estimate of drug-likeness (QED) is 0.273. The zero-order chi connectivity index (χ0) is 5.91. The van der Waals surface area contributed by atoms with E-state index in [1.165, 1.54) is 0 Å². The van der Waals surface area contributed by atoms with Gasteiger partial charge in [0.2, 0.25) is 6.08 Å². The molecule has 0 aromatic rings. The molecule has 0 aliphatic heterocycles. The fraction of sp³-hybridized carbons (Fsp3) is 0.500. The predicted octanol–water partition coefficient (Wildman–Crippen LogP) is 2.49. The first-order chi connectivity index (χ1) is 3.06. The Labute approximate surface area is 79.4 Å². The first-order valence-corrected chi connectivity index (χ1v) is 2.35. The van der Waals surface area contributed by atoms with Crippen LogP contribution in [0.1, 0.15) is 0 Å². The van der Waals surface area contributed by atoms with E-state index in [1.807, 2.05) is 0 Å². The van der Waals surface area contributed by atoms with Crippen LogP contribution >= 0.6 is 59.6 Å². The average Bonchev–Trinajstić information content (AvgIpc) is 1.30. The van der Waals surface area contributed by atoms with Crippen molar-refractivity contribution in [2.45, 2.75) is 3.92 Å². The molecule has 0 aromatic heterocycles. The monoisotopic (exact) mass is 231 g/mol. The van der Waals surface area contributed by atoms with E-state index in [4.69, 9.17) is 34.8 Å². The van der Waals surface area contributed by atoms with Gasteiger partial charge in [0.1, 0.15) is 0 Å². The van der Waals surface area contributed by atoms with E-state index in [0.29, 0.717) is 0 Å². The number of carbonyl (C=O) groups excluding carboxylic acids is 1. The maximum atomic E-state index is 9.28. The highest BCUT2D eigenvalue weighted by molar-refractivity contribution is 6.67. The molecule has 0 unspecified atom stereocenters. The van der Waals surface area contributed by atoms with E-state index in [0.717, 1.165) is 6.08 Å². The second-order valence-corrected chi connectivity index (χ2v) is 2.89. The number of rotatable bonds is 0. The summed E-state index contributed by atoms with van der Waals surface area (Å²) in [7, 11) is 0. The molecule has 2 nitrogen and oxygen atoms in total. The van der Waals surface area contributed by atoms with Gasteiger partial charge in [-0.3, -0.25) is 0 Å². The van der Waals surface area contributed by atoms with Crippen molar-refractivity contribution in [3.8, 4) is 0 Å². The van der Waals surface area contributed by atoms with Crippen molar-refractivity contribution in [1.82, 2.24) is 0 Å². The third-order valence-corrected chi connectivity index (χ3v) is 0.426. The summed E-state index contributed by atoms with van der Waals surface area (Å²) in [6.07, 6.45) is 1.09. The molecule has 56 valence electrons. The predicted molar refractivity (Wildman–Crippen MR) is 42.9 cm³/mol. The number of hydrogen-bond donors (Lipinski definition) is 0. The van der Waals surface area contributed by atoms with Crippen LogP contribution in [0.2, 0.25) is 0 Å². The minimum absolute atomic E-state index is 0. The SMILES string of the molecule is Cl.Cl.O=C=NC(Cl)(Cl)Cl. The van der Waals surface area contributed by atoms with Crippen molar-refractivity contribution >= 4 is 65.7 Å².